The second-order valence-corrected chi connectivity index (χ2v) is 7.58. The number of nitrogens with zero attached hydrogens (tertiary/aromatic N) is 2. The van der Waals surface area contributed by atoms with Crippen LogP contribution >= 0.6 is 23.4 Å². The van der Waals surface area contributed by atoms with E-state index in [9.17, 15) is 26.3 Å². The van der Waals surface area contributed by atoms with E-state index in [4.69, 9.17) is 11.6 Å². The largest absolute Gasteiger partial charge is 0.435 e. The molecule has 0 saturated heterocycles. The van der Waals surface area contributed by atoms with Crippen molar-refractivity contribution in [3.05, 3.63) is 64.8 Å². The van der Waals surface area contributed by atoms with Crippen molar-refractivity contribution in [3.8, 4) is 16.9 Å². The van der Waals surface area contributed by atoms with Gasteiger partial charge in [0.15, 0.2) is 5.69 Å². The van der Waals surface area contributed by atoms with Gasteiger partial charge in [0.25, 0.3) is 0 Å². The fourth-order valence-corrected chi connectivity index (χ4v) is 3.65. The molecule has 0 atom stereocenters. The lowest BCUT2D eigenvalue weighted by Gasteiger charge is -2.12. The van der Waals surface area contributed by atoms with Gasteiger partial charge in [0.2, 0.25) is 0 Å². The number of hydrogen-bond donors (Lipinski definition) is 0. The van der Waals surface area contributed by atoms with Crippen molar-refractivity contribution < 1.29 is 26.3 Å². The standard InChI is InChI=1S/C19H13ClF6N2S/c1-11-6-7-12(8-16(11)29-10-18(21,22)23)15-9-17(19(24,25)26)27-28(15)14-5-3-2-4-13(14)20/h2-9H,10H2,1H3. The average molecular weight is 451 g/mol. The molecule has 0 fully saturated rings. The second-order valence-electron chi connectivity index (χ2n) is 6.16. The van der Waals surface area contributed by atoms with E-state index < -0.39 is 23.8 Å². The van der Waals surface area contributed by atoms with E-state index in [0.29, 0.717) is 27.8 Å². The van der Waals surface area contributed by atoms with Gasteiger partial charge >= 0.3 is 12.4 Å². The summed E-state index contributed by atoms with van der Waals surface area (Å²) in [6, 6.07) is 11.6. The first kappa shape index (κ1) is 21.6. The van der Waals surface area contributed by atoms with E-state index in [1.165, 1.54) is 24.3 Å². The molecular weight excluding hydrogens is 438 g/mol. The molecule has 2 aromatic carbocycles. The predicted molar refractivity (Wildman–Crippen MR) is 101 cm³/mol. The van der Waals surface area contributed by atoms with Gasteiger partial charge in [-0.15, -0.1) is 11.8 Å². The Balaban J connectivity index is 2.13. The Morgan fingerprint density at radius 2 is 1.69 bits per heavy atom. The molecule has 0 unspecified atom stereocenters. The lowest BCUT2D eigenvalue weighted by atomic mass is 10.1. The summed E-state index contributed by atoms with van der Waals surface area (Å²) in [5.74, 6) is -1.10. The van der Waals surface area contributed by atoms with Gasteiger partial charge in [-0.1, -0.05) is 35.9 Å². The van der Waals surface area contributed by atoms with Crippen LogP contribution in [0.5, 0.6) is 0 Å². The van der Waals surface area contributed by atoms with E-state index >= 15 is 0 Å². The summed E-state index contributed by atoms with van der Waals surface area (Å²) in [5.41, 5.74) is 0.0487. The molecule has 10 heteroatoms. The van der Waals surface area contributed by atoms with Crippen LogP contribution in [0.25, 0.3) is 16.9 Å². The molecule has 0 aliphatic carbocycles. The first-order valence-electron chi connectivity index (χ1n) is 8.18. The van der Waals surface area contributed by atoms with Gasteiger partial charge in [0.1, 0.15) is 0 Å². The van der Waals surface area contributed by atoms with Crippen molar-refractivity contribution in [2.45, 2.75) is 24.2 Å². The number of para-hydroxylation sites is 1. The third kappa shape index (κ3) is 5.08. The molecule has 0 aliphatic heterocycles. The van der Waals surface area contributed by atoms with Gasteiger partial charge in [0, 0.05) is 10.5 Å². The topological polar surface area (TPSA) is 17.8 Å². The molecule has 0 bridgehead atoms. The van der Waals surface area contributed by atoms with Crippen LogP contribution in [-0.2, 0) is 6.18 Å². The van der Waals surface area contributed by atoms with Crippen LogP contribution in [0.1, 0.15) is 11.3 Å². The SMILES string of the molecule is Cc1ccc(-c2cc(C(F)(F)F)nn2-c2ccccc2Cl)cc1SCC(F)(F)F. The normalized spacial score (nSPS) is 12.4. The molecule has 0 spiro atoms. The van der Waals surface area contributed by atoms with E-state index in [1.807, 2.05) is 0 Å². The monoisotopic (exact) mass is 450 g/mol. The van der Waals surface area contributed by atoms with Crippen LogP contribution < -0.4 is 0 Å². The van der Waals surface area contributed by atoms with Crippen LogP contribution in [0, 0.1) is 6.92 Å². The average Bonchev–Trinajstić information content (AvgIpc) is 3.06. The quantitative estimate of drug-likeness (QED) is 0.309. The highest BCUT2D eigenvalue weighted by molar-refractivity contribution is 7.99. The van der Waals surface area contributed by atoms with Gasteiger partial charge in [-0.05, 0) is 36.8 Å². The zero-order valence-corrected chi connectivity index (χ0v) is 16.3. The lowest BCUT2D eigenvalue weighted by Crippen LogP contribution is -2.10. The molecule has 29 heavy (non-hydrogen) atoms. The molecule has 1 aromatic heterocycles. The maximum absolute atomic E-state index is 13.3. The molecular formula is C19H13ClF6N2S. The van der Waals surface area contributed by atoms with Crippen LogP contribution in [0.3, 0.4) is 0 Å². The minimum atomic E-state index is -4.69. The van der Waals surface area contributed by atoms with Crippen molar-refractivity contribution in [3.63, 3.8) is 0 Å². The summed E-state index contributed by atoms with van der Waals surface area (Å²) in [4.78, 5) is 0.320. The van der Waals surface area contributed by atoms with Gasteiger partial charge in [0.05, 0.1) is 22.2 Å². The Morgan fingerprint density at radius 1 is 1.00 bits per heavy atom. The van der Waals surface area contributed by atoms with Crippen LogP contribution in [0.2, 0.25) is 5.02 Å². The third-order valence-electron chi connectivity index (χ3n) is 3.96. The highest BCUT2D eigenvalue weighted by Gasteiger charge is 2.35. The Kier molecular flexibility index (Phi) is 5.91. The fourth-order valence-electron chi connectivity index (χ4n) is 2.61. The van der Waals surface area contributed by atoms with Gasteiger partial charge in [-0.25, -0.2) is 4.68 Å². The summed E-state index contributed by atoms with van der Waals surface area (Å²) in [6.07, 6.45) is -9.06. The maximum atomic E-state index is 13.3. The van der Waals surface area contributed by atoms with Crippen molar-refractivity contribution in [1.29, 1.82) is 0 Å². The molecule has 0 saturated carbocycles. The number of benzene rings is 2. The number of alkyl halides is 6. The van der Waals surface area contributed by atoms with E-state index in [0.717, 1.165) is 10.7 Å². The summed E-state index contributed by atoms with van der Waals surface area (Å²) in [6.45, 7) is 1.63. The van der Waals surface area contributed by atoms with Gasteiger partial charge in [-0.3, -0.25) is 0 Å². The molecule has 0 aliphatic rings. The van der Waals surface area contributed by atoms with Gasteiger partial charge < -0.3 is 0 Å². The van der Waals surface area contributed by atoms with Crippen LogP contribution in [-0.4, -0.2) is 21.7 Å². The molecule has 3 rings (SSSR count). The number of halogens is 7. The summed E-state index contributed by atoms with van der Waals surface area (Å²) < 4.78 is 78.6. The van der Waals surface area contributed by atoms with Crippen molar-refractivity contribution in [2.75, 3.05) is 5.75 Å². The van der Waals surface area contributed by atoms with E-state index in [1.54, 1.807) is 25.1 Å². The maximum Gasteiger partial charge on any atom is 0.435 e. The zero-order valence-electron chi connectivity index (χ0n) is 14.8. The summed E-state index contributed by atoms with van der Waals surface area (Å²) in [7, 11) is 0. The highest BCUT2D eigenvalue weighted by atomic mass is 35.5. The Labute approximate surface area is 171 Å². The van der Waals surface area contributed by atoms with Crippen LogP contribution in [0.15, 0.2) is 53.4 Å². The number of hydrogen-bond acceptors (Lipinski definition) is 2. The number of aromatic nitrogens is 2. The smallest absolute Gasteiger partial charge is 0.231 e. The number of aryl methyl sites for hydroxylation is 1. The second kappa shape index (κ2) is 7.95. The van der Waals surface area contributed by atoms with Crippen molar-refractivity contribution >= 4 is 23.4 Å². The van der Waals surface area contributed by atoms with Crippen LogP contribution in [0.4, 0.5) is 26.3 Å². The predicted octanol–water partition coefficient (Wildman–Crippen LogP) is 7.17. The Hall–Kier alpha value is -2.13. The molecule has 2 nitrogen and oxygen atoms in total. The Bertz CT molecular complexity index is 1030. The van der Waals surface area contributed by atoms with E-state index in [-0.39, 0.29) is 16.4 Å². The molecule has 3 aromatic rings. The summed E-state index contributed by atoms with van der Waals surface area (Å²) >= 11 is 6.70. The molecule has 0 radical (unpaired) electrons. The minimum Gasteiger partial charge on any atom is -0.231 e. The third-order valence-corrected chi connectivity index (χ3v) is 5.50. The molecule has 0 amide bonds. The molecule has 0 N–H and O–H groups in total. The lowest BCUT2D eigenvalue weighted by molar-refractivity contribution is -0.141. The first-order chi connectivity index (χ1) is 13.5. The first-order valence-corrected chi connectivity index (χ1v) is 9.55. The van der Waals surface area contributed by atoms with Gasteiger partial charge in [-0.2, -0.15) is 31.4 Å². The molecule has 1 heterocycles. The highest BCUT2D eigenvalue weighted by Crippen LogP contribution is 2.37. The van der Waals surface area contributed by atoms with Crippen molar-refractivity contribution in [2.24, 2.45) is 0 Å². The zero-order chi connectivity index (χ0) is 21.4. The number of thioether (sulfide) groups is 1. The van der Waals surface area contributed by atoms with Crippen molar-refractivity contribution in [1.82, 2.24) is 9.78 Å². The summed E-state index contributed by atoms with van der Waals surface area (Å²) in [5, 5.41) is 3.83. The minimum absolute atomic E-state index is 0.0688. The number of rotatable bonds is 4. The fraction of sp³-hybridized carbons (Fsp3) is 0.211. The Morgan fingerprint density at radius 3 is 2.31 bits per heavy atom. The molecule has 154 valence electrons. The van der Waals surface area contributed by atoms with E-state index in [2.05, 4.69) is 5.10 Å².